The molecule has 5 heteroatoms. The van der Waals surface area contributed by atoms with Crippen molar-refractivity contribution in [1.82, 2.24) is 5.32 Å². The Bertz CT molecular complexity index is 116. The molecule has 1 nitrogen and oxygen atoms in total. The molecule has 13 heavy (non-hydrogen) atoms. The molecule has 0 spiro atoms. The second kappa shape index (κ2) is 7.50. The molecule has 0 aliphatic rings. The highest BCUT2D eigenvalue weighted by molar-refractivity contribution is 7.99. The van der Waals surface area contributed by atoms with Gasteiger partial charge >= 0.3 is 6.18 Å². The zero-order valence-electron chi connectivity index (χ0n) is 7.78. The van der Waals surface area contributed by atoms with Crippen molar-refractivity contribution in [3.8, 4) is 0 Å². The summed E-state index contributed by atoms with van der Waals surface area (Å²) in [4.78, 5) is 0. The van der Waals surface area contributed by atoms with Crippen LogP contribution in [0.15, 0.2) is 0 Å². The van der Waals surface area contributed by atoms with E-state index < -0.39 is 12.6 Å². The summed E-state index contributed by atoms with van der Waals surface area (Å²) in [5, 5.41) is 2.77. The topological polar surface area (TPSA) is 12.0 Å². The Morgan fingerprint density at radius 3 is 2.46 bits per heavy atom. The van der Waals surface area contributed by atoms with Gasteiger partial charge in [-0.15, -0.1) is 0 Å². The van der Waals surface area contributed by atoms with E-state index in [0.717, 1.165) is 17.9 Å². The summed E-state index contributed by atoms with van der Waals surface area (Å²) < 4.78 is 34.9. The standard InChI is InChI=1S/C8H16F3NS/c1-2-13-7-3-5-12-6-4-8(9,10)11/h12H,2-7H2,1H3. The van der Waals surface area contributed by atoms with Crippen molar-refractivity contribution in [2.24, 2.45) is 0 Å². The predicted molar refractivity (Wildman–Crippen MR) is 51.2 cm³/mol. The molecule has 0 fully saturated rings. The van der Waals surface area contributed by atoms with Gasteiger partial charge in [-0.05, 0) is 24.5 Å². The molecule has 0 bridgehead atoms. The Balaban J connectivity index is 3.00. The Kier molecular flexibility index (Phi) is 7.56. The molecule has 0 saturated carbocycles. The second-order valence-corrected chi connectivity index (χ2v) is 4.06. The predicted octanol–water partition coefficient (Wildman–Crippen LogP) is 2.67. The van der Waals surface area contributed by atoms with Crippen molar-refractivity contribution in [3.63, 3.8) is 0 Å². The molecule has 1 N–H and O–H groups in total. The lowest BCUT2D eigenvalue weighted by Gasteiger charge is -2.06. The van der Waals surface area contributed by atoms with Crippen molar-refractivity contribution in [2.75, 3.05) is 24.6 Å². The molecule has 0 aromatic heterocycles. The largest absolute Gasteiger partial charge is 0.390 e. The zero-order valence-corrected chi connectivity index (χ0v) is 8.60. The highest BCUT2D eigenvalue weighted by atomic mass is 32.2. The van der Waals surface area contributed by atoms with E-state index >= 15 is 0 Å². The quantitative estimate of drug-likeness (QED) is 0.655. The van der Waals surface area contributed by atoms with Gasteiger partial charge in [-0.2, -0.15) is 24.9 Å². The van der Waals surface area contributed by atoms with E-state index in [4.69, 9.17) is 0 Å². The van der Waals surface area contributed by atoms with Crippen LogP contribution in [-0.2, 0) is 0 Å². The minimum Gasteiger partial charge on any atom is -0.316 e. The van der Waals surface area contributed by atoms with Crippen LogP contribution in [0, 0.1) is 0 Å². The summed E-state index contributed by atoms with van der Waals surface area (Å²) in [6, 6.07) is 0. The monoisotopic (exact) mass is 215 g/mol. The van der Waals surface area contributed by atoms with Gasteiger partial charge in [-0.1, -0.05) is 6.92 Å². The van der Waals surface area contributed by atoms with Crippen molar-refractivity contribution >= 4 is 11.8 Å². The summed E-state index contributed by atoms with van der Waals surface area (Å²) in [7, 11) is 0. The Morgan fingerprint density at radius 2 is 1.92 bits per heavy atom. The van der Waals surface area contributed by atoms with Gasteiger partial charge in [-0.3, -0.25) is 0 Å². The van der Waals surface area contributed by atoms with Crippen LogP contribution in [0.3, 0.4) is 0 Å². The average Bonchev–Trinajstić information content (AvgIpc) is 2.01. The highest BCUT2D eigenvalue weighted by Gasteiger charge is 2.25. The first-order valence-electron chi connectivity index (χ1n) is 4.41. The lowest BCUT2D eigenvalue weighted by molar-refractivity contribution is -0.133. The summed E-state index contributed by atoms with van der Waals surface area (Å²) in [6.07, 6.45) is -3.81. The molecular weight excluding hydrogens is 199 g/mol. The Labute approximate surface area is 81.5 Å². The summed E-state index contributed by atoms with van der Waals surface area (Å²) >= 11 is 1.81. The van der Waals surface area contributed by atoms with Gasteiger partial charge in [0.25, 0.3) is 0 Å². The molecule has 80 valence electrons. The summed E-state index contributed by atoms with van der Waals surface area (Å²) in [5.41, 5.74) is 0. The number of nitrogens with one attached hydrogen (secondary N) is 1. The molecule has 0 aromatic carbocycles. The SMILES string of the molecule is CCSCCCNCCC(F)(F)F. The molecule has 0 radical (unpaired) electrons. The molecule has 0 atom stereocenters. The van der Waals surface area contributed by atoms with Crippen LogP contribution in [0.2, 0.25) is 0 Å². The van der Waals surface area contributed by atoms with Crippen LogP contribution in [0.5, 0.6) is 0 Å². The number of thioether (sulfide) groups is 1. The number of rotatable bonds is 7. The van der Waals surface area contributed by atoms with E-state index in [-0.39, 0.29) is 6.54 Å². The average molecular weight is 215 g/mol. The van der Waals surface area contributed by atoms with E-state index in [1.807, 2.05) is 11.8 Å². The number of hydrogen-bond acceptors (Lipinski definition) is 2. The smallest absolute Gasteiger partial charge is 0.316 e. The molecular formula is C8H16F3NS. The molecule has 0 aromatic rings. The van der Waals surface area contributed by atoms with Crippen LogP contribution in [0.4, 0.5) is 13.2 Å². The fraction of sp³-hybridized carbons (Fsp3) is 1.00. The van der Waals surface area contributed by atoms with Gasteiger partial charge in [-0.25, -0.2) is 0 Å². The Morgan fingerprint density at radius 1 is 1.23 bits per heavy atom. The van der Waals surface area contributed by atoms with Gasteiger partial charge < -0.3 is 5.32 Å². The van der Waals surface area contributed by atoms with E-state index in [1.165, 1.54) is 0 Å². The molecule has 0 heterocycles. The van der Waals surface area contributed by atoms with Crippen LogP contribution >= 0.6 is 11.8 Å². The zero-order chi connectivity index (χ0) is 10.2. The fourth-order valence-corrected chi connectivity index (χ4v) is 1.44. The first kappa shape index (κ1) is 13.1. The normalized spacial score (nSPS) is 12.0. The van der Waals surface area contributed by atoms with Crippen molar-refractivity contribution in [3.05, 3.63) is 0 Å². The van der Waals surface area contributed by atoms with Crippen molar-refractivity contribution in [2.45, 2.75) is 25.9 Å². The minimum atomic E-state index is -4.02. The van der Waals surface area contributed by atoms with Gasteiger partial charge in [0, 0.05) is 6.54 Å². The lowest BCUT2D eigenvalue weighted by Crippen LogP contribution is -2.22. The molecule has 0 aliphatic carbocycles. The van der Waals surface area contributed by atoms with Crippen molar-refractivity contribution in [1.29, 1.82) is 0 Å². The van der Waals surface area contributed by atoms with E-state index in [1.54, 1.807) is 0 Å². The van der Waals surface area contributed by atoms with Crippen LogP contribution < -0.4 is 5.32 Å². The van der Waals surface area contributed by atoms with Crippen LogP contribution in [0.25, 0.3) is 0 Å². The number of alkyl halides is 3. The van der Waals surface area contributed by atoms with E-state index in [0.29, 0.717) is 6.54 Å². The minimum absolute atomic E-state index is 0.0420. The molecule has 0 unspecified atom stereocenters. The maximum Gasteiger partial charge on any atom is 0.390 e. The van der Waals surface area contributed by atoms with Crippen LogP contribution in [0.1, 0.15) is 19.8 Å². The summed E-state index contributed by atoms with van der Waals surface area (Å²) in [5.74, 6) is 2.10. The maximum atomic E-state index is 11.6. The third-order valence-electron chi connectivity index (χ3n) is 1.43. The van der Waals surface area contributed by atoms with Gasteiger partial charge in [0.1, 0.15) is 0 Å². The Hall–Kier alpha value is 0.100. The highest BCUT2D eigenvalue weighted by Crippen LogP contribution is 2.17. The third-order valence-corrected chi connectivity index (χ3v) is 2.42. The number of halogens is 3. The summed E-state index contributed by atoms with van der Waals surface area (Å²) in [6.45, 7) is 2.80. The van der Waals surface area contributed by atoms with Gasteiger partial charge in [0.15, 0.2) is 0 Å². The third kappa shape index (κ3) is 12.1. The fourth-order valence-electron chi connectivity index (χ4n) is 0.799. The van der Waals surface area contributed by atoms with Gasteiger partial charge in [0.2, 0.25) is 0 Å². The molecule has 0 saturated heterocycles. The number of hydrogen-bond donors (Lipinski definition) is 1. The first-order chi connectivity index (χ1) is 6.06. The molecule has 0 rings (SSSR count). The molecule has 0 aliphatic heterocycles. The van der Waals surface area contributed by atoms with Crippen LogP contribution in [-0.4, -0.2) is 30.8 Å². The first-order valence-corrected chi connectivity index (χ1v) is 5.57. The maximum absolute atomic E-state index is 11.6. The van der Waals surface area contributed by atoms with E-state index in [9.17, 15) is 13.2 Å². The second-order valence-electron chi connectivity index (χ2n) is 2.67. The van der Waals surface area contributed by atoms with E-state index in [2.05, 4.69) is 12.2 Å². The van der Waals surface area contributed by atoms with Crippen molar-refractivity contribution < 1.29 is 13.2 Å². The lowest BCUT2D eigenvalue weighted by atomic mass is 10.4. The molecule has 0 amide bonds. The van der Waals surface area contributed by atoms with Gasteiger partial charge in [0.05, 0.1) is 6.42 Å².